The van der Waals surface area contributed by atoms with Crippen molar-refractivity contribution < 1.29 is 4.74 Å². The van der Waals surface area contributed by atoms with E-state index in [0.717, 1.165) is 37.9 Å². The molecule has 0 atom stereocenters. The summed E-state index contributed by atoms with van der Waals surface area (Å²) in [4.78, 5) is 8.21. The van der Waals surface area contributed by atoms with Crippen LogP contribution in [-0.4, -0.2) is 35.9 Å². The average molecular weight is 325 g/mol. The van der Waals surface area contributed by atoms with E-state index >= 15 is 0 Å². The third-order valence-electron chi connectivity index (χ3n) is 4.01. The van der Waals surface area contributed by atoms with Gasteiger partial charge in [-0.15, -0.1) is 11.3 Å². The monoisotopic (exact) mass is 325 g/mol. The van der Waals surface area contributed by atoms with Crippen molar-refractivity contribution in [2.45, 2.75) is 6.42 Å². The highest BCUT2D eigenvalue weighted by Crippen LogP contribution is 2.25. The first-order chi connectivity index (χ1) is 11.4. The van der Waals surface area contributed by atoms with Crippen LogP contribution in [0.4, 0.5) is 5.13 Å². The zero-order valence-corrected chi connectivity index (χ0v) is 13.7. The van der Waals surface area contributed by atoms with Gasteiger partial charge in [0, 0.05) is 48.7 Å². The van der Waals surface area contributed by atoms with Crippen LogP contribution in [-0.2, 0) is 11.2 Å². The molecule has 1 aliphatic heterocycles. The maximum atomic E-state index is 5.41. The Morgan fingerprint density at radius 1 is 1.09 bits per heavy atom. The lowest BCUT2D eigenvalue weighted by atomic mass is 10.1. The van der Waals surface area contributed by atoms with E-state index in [9.17, 15) is 0 Å². The van der Waals surface area contributed by atoms with Gasteiger partial charge in [-0.1, -0.05) is 12.1 Å². The van der Waals surface area contributed by atoms with Gasteiger partial charge in [-0.3, -0.25) is 0 Å². The van der Waals surface area contributed by atoms with Crippen LogP contribution in [0.3, 0.4) is 0 Å². The normalized spacial score (nSPS) is 15.0. The average Bonchev–Trinajstić information content (AvgIpc) is 3.28. The quantitative estimate of drug-likeness (QED) is 0.737. The fraction of sp³-hybridized carbons (Fsp3) is 0.278. The summed E-state index contributed by atoms with van der Waals surface area (Å²) in [5.74, 6) is 0. The molecule has 0 saturated carbocycles. The number of ether oxygens (including phenoxy) is 1. The molecule has 23 heavy (non-hydrogen) atoms. The summed E-state index contributed by atoms with van der Waals surface area (Å²) >= 11 is 1.79. The van der Waals surface area contributed by atoms with Crippen LogP contribution in [0.1, 0.15) is 10.4 Å². The first-order valence-electron chi connectivity index (χ1n) is 7.88. The van der Waals surface area contributed by atoms with Gasteiger partial charge in [0.15, 0.2) is 5.13 Å². The molecule has 4 nitrogen and oxygen atoms in total. The molecule has 0 N–H and O–H groups in total. The number of hydrogen-bond donors (Lipinski definition) is 0. The third kappa shape index (κ3) is 3.30. The summed E-state index contributed by atoms with van der Waals surface area (Å²) in [6.07, 6.45) is 7.08. The van der Waals surface area contributed by atoms with E-state index in [2.05, 4.69) is 51.1 Å². The second kappa shape index (κ2) is 6.56. The van der Waals surface area contributed by atoms with Crippen molar-refractivity contribution >= 4 is 16.5 Å². The van der Waals surface area contributed by atoms with E-state index in [0.29, 0.717) is 0 Å². The van der Waals surface area contributed by atoms with E-state index < -0.39 is 0 Å². The van der Waals surface area contributed by atoms with E-state index in [1.165, 1.54) is 16.1 Å². The molecule has 5 heteroatoms. The van der Waals surface area contributed by atoms with Crippen molar-refractivity contribution in [2.24, 2.45) is 0 Å². The summed E-state index contributed by atoms with van der Waals surface area (Å²) in [6, 6.07) is 12.8. The Morgan fingerprint density at radius 3 is 2.74 bits per heavy atom. The number of anilines is 1. The largest absolute Gasteiger partial charge is 0.378 e. The molecule has 1 fully saturated rings. The summed E-state index contributed by atoms with van der Waals surface area (Å²) < 4.78 is 7.54. The minimum atomic E-state index is 0.799. The summed E-state index contributed by atoms with van der Waals surface area (Å²) in [5.41, 5.74) is 2.51. The van der Waals surface area contributed by atoms with Gasteiger partial charge in [-0.25, -0.2) is 4.98 Å². The number of hydrogen-bond acceptors (Lipinski definition) is 4. The molecule has 2 aromatic heterocycles. The summed E-state index contributed by atoms with van der Waals surface area (Å²) in [5, 5.41) is 1.12. The lowest BCUT2D eigenvalue weighted by Crippen LogP contribution is -2.36. The maximum absolute atomic E-state index is 5.41. The highest BCUT2D eigenvalue weighted by atomic mass is 32.1. The Labute approximate surface area is 140 Å². The maximum Gasteiger partial charge on any atom is 0.185 e. The van der Waals surface area contributed by atoms with Gasteiger partial charge in [-0.2, -0.15) is 0 Å². The number of benzene rings is 1. The number of thiazole rings is 1. The zero-order valence-electron chi connectivity index (χ0n) is 12.9. The van der Waals surface area contributed by atoms with E-state index in [4.69, 9.17) is 4.74 Å². The van der Waals surface area contributed by atoms with Gasteiger partial charge in [0.2, 0.25) is 0 Å². The second-order valence-electron chi connectivity index (χ2n) is 5.65. The van der Waals surface area contributed by atoms with E-state index in [1.54, 1.807) is 11.3 Å². The Balaban J connectivity index is 1.50. The molecule has 0 aliphatic carbocycles. The Bertz CT molecular complexity index is 760. The van der Waals surface area contributed by atoms with Crippen LogP contribution < -0.4 is 4.90 Å². The SMILES string of the molecule is c1cc(Cc2cnc(N3CCOCC3)s2)cc(-n2cccc2)c1. The van der Waals surface area contributed by atoms with Crippen LogP contribution in [0.5, 0.6) is 0 Å². The molecule has 0 amide bonds. The number of nitrogens with zero attached hydrogens (tertiary/aromatic N) is 3. The Morgan fingerprint density at radius 2 is 1.91 bits per heavy atom. The highest BCUT2D eigenvalue weighted by molar-refractivity contribution is 7.15. The predicted octanol–water partition coefficient (Wildman–Crippen LogP) is 3.36. The van der Waals surface area contributed by atoms with Crippen LogP contribution in [0.2, 0.25) is 0 Å². The summed E-state index contributed by atoms with van der Waals surface area (Å²) in [7, 11) is 0. The van der Waals surface area contributed by atoms with E-state index in [-0.39, 0.29) is 0 Å². The van der Waals surface area contributed by atoms with Gasteiger partial charge in [0.1, 0.15) is 0 Å². The summed E-state index contributed by atoms with van der Waals surface area (Å²) in [6.45, 7) is 3.48. The molecule has 3 heterocycles. The minimum Gasteiger partial charge on any atom is -0.378 e. The lowest BCUT2D eigenvalue weighted by Gasteiger charge is -2.25. The smallest absolute Gasteiger partial charge is 0.185 e. The van der Waals surface area contributed by atoms with Crippen LogP contribution >= 0.6 is 11.3 Å². The van der Waals surface area contributed by atoms with Gasteiger partial charge in [0.05, 0.1) is 13.2 Å². The van der Waals surface area contributed by atoms with Crippen molar-refractivity contribution in [3.63, 3.8) is 0 Å². The first-order valence-corrected chi connectivity index (χ1v) is 8.70. The Hall–Kier alpha value is -2.11. The van der Waals surface area contributed by atoms with Crippen molar-refractivity contribution in [2.75, 3.05) is 31.2 Å². The zero-order chi connectivity index (χ0) is 15.5. The third-order valence-corrected chi connectivity index (χ3v) is 5.07. The fourth-order valence-corrected chi connectivity index (χ4v) is 3.81. The highest BCUT2D eigenvalue weighted by Gasteiger charge is 2.14. The molecule has 0 unspecified atom stereocenters. The van der Waals surface area contributed by atoms with Crippen molar-refractivity contribution in [1.82, 2.24) is 9.55 Å². The molecule has 1 aromatic carbocycles. The van der Waals surface area contributed by atoms with Gasteiger partial charge in [0.25, 0.3) is 0 Å². The van der Waals surface area contributed by atoms with Crippen LogP contribution in [0, 0.1) is 0 Å². The number of aromatic nitrogens is 2. The molecule has 3 aromatic rings. The van der Waals surface area contributed by atoms with Crippen molar-refractivity contribution in [1.29, 1.82) is 0 Å². The molecular weight excluding hydrogens is 306 g/mol. The standard InChI is InChI=1S/C18H19N3OS/c1-2-7-20(6-1)16-5-3-4-15(12-16)13-17-14-19-18(23-17)21-8-10-22-11-9-21/h1-7,12,14H,8-11,13H2. The second-order valence-corrected chi connectivity index (χ2v) is 6.74. The predicted molar refractivity (Wildman–Crippen MR) is 93.7 cm³/mol. The molecule has 0 bridgehead atoms. The molecule has 1 saturated heterocycles. The van der Waals surface area contributed by atoms with Gasteiger partial charge >= 0.3 is 0 Å². The number of morpholine rings is 1. The molecule has 118 valence electrons. The topological polar surface area (TPSA) is 30.3 Å². The van der Waals surface area contributed by atoms with Crippen molar-refractivity contribution in [3.8, 4) is 5.69 Å². The minimum absolute atomic E-state index is 0.799. The lowest BCUT2D eigenvalue weighted by molar-refractivity contribution is 0.122. The molecule has 0 spiro atoms. The van der Waals surface area contributed by atoms with Crippen molar-refractivity contribution in [3.05, 3.63) is 65.4 Å². The van der Waals surface area contributed by atoms with Crippen LogP contribution in [0.15, 0.2) is 55.0 Å². The molecule has 1 aliphatic rings. The van der Waals surface area contributed by atoms with Gasteiger partial charge < -0.3 is 14.2 Å². The first kappa shape index (κ1) is 14.5. The van der Waals surface area contributed by atoms with Crippen LogP contribution in [0.25, 0.3) is 5.69 Å². The number of rotatable bonds is 4. The van der Waals surface area contributed by atoms with E-state index in [1.807, 2.05) is 18.3 Å². The molecule has 0 radical (unpaired) electrons. The molecule has 4 rings (SSSR count). The fourth-order valence-electron chi connectivity index (χ4n) is 2.81. The Kier molecular flexibility index (Phi) is 4.13. The van der Waals surface area contributed by atoms with Gasteiger partial charge in [-0.05, 0) is 29.8 Å². The molecular formula is C18H19N3OS.